The number of hydrogen-bond acceptors (Lipinski definition) is 4. The Balaban J connectivity index is 2.44. The highest BCUT2D eigenvalue weighted by Crippen LogP contribution is 2.30. The van der Waals surface area contributed by atoms with E-state index in [-0.39, 0.29) is 10.6 Å². The Morgan fingerprint density at radius 1 is 1.05 bits per heavy atom. The predicted molar refractivity (Wildman–Crippen MR) is 89.0 cm³/mol. The fourth-order valence-electron chi connectivity index (χ4n) is 2.10. The first kappa shape index (κ1) is 16.8. The molecular formula is C16H17BrO4S. The van der Waals surface area contributed by atoms with Gasteiger partial charge in [-0.2, -0.15) is 8.42 Å². The standard InChI is InChI=1S/C16H17BrO4S/c1-4-20-15-6-5-13(17)10-16(15)22(18,19)21-14-8-11(2)7-12(3)9-14/h5-10H,4H2,1-3H3. The Morgan fingerprint density at radius 3 is 2.27 bits per heavy atom. The Labute approximate surface area is 139 Å². The summed E-state index contributed by atoms with van der Waals surface area (Å²) >= 11 is 3.27. The van der Waals surface area contributed by atoms with Crippen LogP contribution < -0.4 is 8.92 Å². The molecule has 118 valence electrons. The van der Waals surface area contributed by atoms with Crippen LogP contribution in [0, 0.1) is 13.8 Å². The molecule has 0 N–H and O–H groups in total. The van der Waals surface area contributed by atoms with Gasteiger partial charge < -0.3 is 8.92 Å². The molecule has 0 amide bonds. The molecule has 0 unspecified atom stereocenters. The Morgan fingerprint density at radius 2 is 1.68 bits per heavy atom. The van der Waals surface area contributed by atoms with Crippen LogP contribution in [-0.2, 0) is 10.1 Å². The number of halogens is 1. The van der Waals surface area contributed by atoms with Crippen molar-refractivity contribution >= 4 is 26.0 Å². The lowest BCUT2D eigenvalue weighted by atomic mass is 10.1. The molecule has 0 aliphatic carbocycles. The molecule has 0 saturated carbocycles. The van der Waals surface area contributed by atoms with Gasteiger partial charge in [0.2, 0.25) is 0 Å². The quantitative estimate of drug-likeness (QED) is 0.723. The first-order valence-corrected chi connectivity index (χ1v) is 8.97. The molecule has 0 bridgehead atoms. The second-order valence-corrected chi connectivity index (χ2v) is 7.32. The van der Waals surface area contributed by atoms with Crippen molar-refractivity contribution in [2.45, 2.75) is 25.7 Å². The van der Waals surface area contributed by atoms with Gasteiger partial charge in [-0.25, -0.2) is 0 Å². The first-order valence-electron chi connectivity index (χ1n) is 6.77. The van der Waals surface area contributed by atoms with Gasteiger partial charge in [-0.15, -0.1) is 0 Å². The molecule has 2 aromatic carbocycles. The molecule has 0 aliphatic rings. The molecule has 0 saturated heterocycles. The topological polar surface area (TPSA) is 52.6 Å². The third-order valence-corrected chi connectivity index (χ3v) is 4.64. The van der Waals surface area contributed by atoms with Crippen LogP contribution in [0.15, 0.2) is 45.8 Å². The van der Waals surface area contributed by atoms with E-state index in [4.69, 9.17) is 8.92 Å². The molecule has 2 rings (SSSR count). The van der Waals surface area contributed by atoms with E-state index >= 15 is 0 Å². The van der Waals surface area contributed by atoms with E-state index in [1.54, 1.807) is 31.2 Å². The molecule has 0 aromatic heterocycles. The zero-order chi connectivity index (χ0) is 16.3. The molecule has 6 heteroatoms. The minimum absolute atomic E-state index is 0.00267. The van der Waals surface area contributed by atoms with Crippen LogP contribution >= 0.6 is 15.9 Å². The van der Waals surface area contributed by atoms with Gasteiger partial charge in [0.15, 0.2) is 0 Å². The van der Waals surface area contributed by atoms with E-state index in [9.17, 15) is 8.42 Å². The number of rotatable bonds is 5. The van der Waals surface area contributed by atoms with Crippen LogP contribution in [0.5, 0.6) is 11.5 Å². The summed E-state index contributed by atoms with van der Waals surface area (Å²) in [6.45, 7) is 5.94. The van der Waals surface area contributed by atoms with Crippen molar-refractivity contribution in [1.82, 2.24) is 0 Å². The Kier molecular flexibility index (Phi) is 5.13. The maximum absolute atomic E-state index is 12.5. The average molecular weight is 385 g/mol. The van der Waals surface area contributed by atoms with E-state index in [1.807, 2.05) is 19.9 Å². The summed E-state index contributed by atoms with van der Waals surface area (Å²) in [6, 6.07) is 10.1. The van der Waals surface area contributed by atoms with Gasteiger partial charge in [0.1, 0.15) is 16.4 Å². The molecule has 22 heavy (non-hydrogen) atoms. The van der Waals surface area contributed by atoms with Crippen molar-refractivity contribution in [1.29, 1.82) is 0 Å². The third kappa shape index (κ3) is 4.01. The second kappa shape index (κ2) is 6.71. The number of ether oxygens (including phenoxy) is 1. The number of hydrogen-bond donors (Lipinski definition) is 0. The SMILES string of the molecule is CCOc1ccc(Br)cc1S(=O)(=O)Oc1cc(C)cc(C)c1. The molecule has 4 nitrogen and oxygen atoms in total. The van der Waals surface area contributed by atoms with Gasteiger partial charge in [-0.3, -0.25) is 0 Å². The van der Waals surface area contributed by atoms with Gasteiger partial charge >= 0.3 is 10.1 Å². The summed E-state index contributed by atoms with van der Waals surface area (Å²) in [5, 5.41) is 0. The van der Waals surface area contributed by atoms with Gasteiger partial charge in [0, 0.05) is 4.47 Å². The fourth-order valence-corrected chi connectivity index (χ4v) is 3.70. The minimum atomic E-state index is -3.98. The largest absolute Gasteiger partial charge is 0.492 e. The third-order valence-electron chi connectivity index (χ3n) is 2.88. The molecule has 0 atom stereocenters. The summed E-state index contributed by atoms with van der Waals surface area (Å²) < 4.78 is 36.4. The molecule has 0 fully saturated rings. The normalized spacial score (nSPS) is 11.3. The minimum Gasteiger partial charge on any atom is -0.492 e. The lowest BCUT2D eigenvalue weighted by Crippen LogP contribution is -2.12. The highest BCUT2D eigenvalue weighted by atomic mass is 79.9. The lowest BCUT2D eigenvalue weighted by Gasteiger charge is -2.13. The number of aryl methyl sites for hydroxylation is 2. The lowest BCUT2D eigenvalue weighted by molar-refractivity contribution is 0.329. The second-order valence-electron chi connectivity index (χ2n) is 4.88. The van der Waals surface area contributed by atoms with Crippen molar-refractivity contribution in [3.05, 3.63) is 52.0 Å². The highest BCUT2D eigenvalue weighted by molar-refractivity contribution is 9.10. The molecular weight excluding hydrogens is 368 g/mol. The van der Waals surface area contributed by atoms with Gasteiger partial charge in [-0.05, 0) is 62.2 Å². The van der Waals surface area contributed by atoms with Crippen molar-refractivity contribution in [2.75, 3.05) is 6.61 Å². The summed E-state index contributed by atoms with van der Waals surface area (Å²) in [7, 11) is -3.98. The average Bonchev–Trinajstić information content (AvgIpc) is 2.39. The molecule has 0 heterocycles. The molecule has 0 radical (unpaired) electrons. The van der Waals surface area contributed by atoms with E-state index in [1.165, 1.54) is 6.07 Å². The summed E-state index contributed by atoms with van der Waals surface area (Å²) in [6.07, 6.45) is 0. The zero-order valence-corrected chi connectivity index (χ0v) is 15.0. The maximum Gasteiger partial charge on any atom is 0.342 e. The molecule has 2 aromatic rings. The van der Waals surface area contributed by atoms with E-state index in [0.717, 1.165) is 11.1 Å². The van der Waals surface area contributed by atoms with Crippen LogP contribution in [0.2, 0.25) is 0 Å². The van der Waals surface area contributed by atoms with Crippen molar-refractivity contribution < 1.29 is 17.3 Å². The summed E-state index contributed by atoms with van der Waals surface area (Å²) in [4.78, 5) is 0.00267. The van der Waals surface area contributed by atoms with Crippen molar-refractivity contribution in [3.63, 3.8) is 0 Å². The van der Waals surface area contributed by atoms with E-state index in [2.05, 4.69) is 15.9 Å². The molecule has 0 spiro atoms. The highest BCUT2D eigenvalue weighted by Gasteiger charge is 2.22. The number of benzene rings is 2. The van der Waals surface area contributed by atoms with Crippen molar-refractivity contribution in [3.8, 4) is 11.5 Å². The smallest absolute Gasteiger partial charge is 0.342 e. The van der Waals surface area contributed by atoms with Crippen LogP contribution in [0.25, 0.3) is 0 Å². The zero-order valence-electron chi connectivity index (χ0n) is 12.6. The van der Waals surface area contributed by atoms with Crippen LogP contribution in [0.4, 0.5) is 0 Å². The predicted octanol–water partition coefficient (Wildman–Crippen LogP) is 4.23. The van der Waals surface area contributed by atoms with Crippen LogP contribution in [0.1, 0.15) is 18.1 Å². The van der Waals surface area contributed by atoms with E-state index in [0.29, 0.717) is 16.8 Å². The van der Waals surface area contributed by atoms with Crippen molar-refractivity contribution in [2.24, 2.45) is 0 Å². The summed E-state index contributed by atoms with van der Waals surface area (Å²) in [5.74, 6) is 0.565. The van der Waals surface area contributed by atoms with E-state index < -0.39 is 10.1 Å². The van der Waals surface area contributed by atoms with Gasteiger partial charge in [0.05, 0.1) is 6.61 Å². The summed E-state index contributed by atoms with van der Waals surface area (Å²) in [5.41, 5.74) is 1.87. The van der Waals surface area contributed by atoms with Crippen LogP contribution in [-0.4, -0.2) is 15.0 Å². The van der Waals surface area contributed by atoms with Gasteiger partial charge in [-0.1, -0.05) is 22.0 Å². The Bertz CT molecular complexity index is 764. The van der Waals surface area contributed by atoms with Crippen LogP contribution in [0.3, 0.4) is 0 Å². The molecule has 0 aliphatic heterocycles. The van der Waals surface area contributed by atoms with Gasteiger partial charge in [0.25, 0.3) is 0 Å². The Hall–Kier alpha value is -1.53. The first-order chi connectivity index (χ1) is 10.3. The fraction of sp³-hybridized carbons (Fsp3) is 0.250. The maximum atomic E-state index is 12.5. The monoisotopic (exact) mass is 384 g/mol.